The molecule has 0 aliphatic heterocycles. The van der Waals surface area contributed by atoms with Crippen LogP contribution in [-0.4, -0.2) is 10.1 Å². The lowest BCUT2D eigenvalue weighted by atomic mass is 9.44. The van der Waals surface area contributed by atoms with E-state index in [1.165, 1.54) is 25.2 Å². The Hall–Kier alpha value is 0.150. The molecular weight excluding hydrogens is 252 g/mol. The summed E-state index contributed by atoms with van der Waals surface area (Å²) >= 11 is 3.94. The van der Waals surface area contributed by atoms with Crippen molar-refractivity contribution in [1.29, 1.82) is 0 Å². The Morgan fingerprint density at radius 1 is 1.27 bits per heavy atom. The Kier molecular flexibility index (Phi) is 1.98. The molecule has 4 aliphatic rings. The van der Waals surface area contributed by atoms with Crippen LogP contribution in [-0.2, 0) is 4.79 Å². The highest BCUT2D eigenvalue weighted by Crippen LogP contribution is 2.68. The van der Waals surface area contributed by atoms with E-state index in [1.807, 2.05) is 0 Å². The zero-order valence-electron chi connectivity index (χ0n) is 9.48. The van der Waals surface area contributed by atoms with Crippen LogP contribution in [0.25, 0.3) is 0 Å². The quantitative estimate of drug-likeness (QED) is 0.666. The third kappa shape index (κ3) is 1.18. The van der Waals surface area contributed by atoms with Gasteiger partial charge in [-0.2, -0.15) is 0 Å². The topological polar surface area (TPSA) is 17.1 Å². The highest BCUT2D eigenvalue weighted by Gasteiger charge is 2.63. The van der Waals surface area contributed by atoms with Gasteiger partial charge in [-0.25, -0.2) is 0 Å². The number of rotatable bonds is 1. The summed E-state index contributed by atoms with van der Waals surface area (Å²) in [6.45, 7) is 4.01. The van der Waals surface area contributed by atoms with E-state index in [4.69, 9.17) is 0 Å². The van der Waals surface area contributed by atoms with Crippen molar-refractivity contribution in [3.05, 3.63) is 5.92 Å². The number of carbonyl (C=O) groups excluding carboxylic acids is 1. The molecule has 0 amide bonds. The number of alkyl halides is 1. The van der Waals surface area contributed by atoms with Crippen LogP contribution in [0.3, 0.4) is 0 Å². The molecule has 0 heterocycles. The molecule has 0 aromatic carbocycles. The van der Waals surface area contributed by atoms with Crippen molar-refractivity contribution in [2.45, 2.75) is 50.3 Å². The summed E-state index contributed by atoms with van der Waals surface area (Å²) in [6, 6.07) is 0. The van der Waals surface area contributed by atoms with Crippen LogP contribution >= 0.6 is 15.9 Å². The standard InChI is InChI=1S/C13H18BrO/c1-8-12(9(2)15)4-10-3-11(5-12)7-13(8,14)6-10/h10-11H,3-7H2,1-2H3. The van der Waals surface area contributed by atoms with Crippen molar-refractivity contribution in [1.82, 2.24) is 0 Å². The Labute approximate surface area is 100 Å². The first-order chi connectivity index (χ1) is 6.96. The fourth-order valence-electron chi connectivity index (χ4n) is 4.61. The smallest absolute Gasteiger partial charge is 0.136 e. The van der Waals surface area contributed by atoms with E-state index in [0.29, 0.717) is 5.78 Å². The normalized spacial score (nSPS) is 53.5. The zero-order chi connectivity index (χ0) is 10.8. The summed E-state index contributed by atoms with van der Waals surface area (Å²) in [4.78, 5) is 12.0. The van der Waals surface area contributed by atoms with Gasteiger partial charge in [-0.3, -0.25) is 4.79 Å². The number of halogens is 1. The molecule has 0 spiro atoms. The Morgan fingerprint density at radius 2 is 1.80 bits per heavy atom. The van der Waals surface area contributed by atoms with Crippen molar-refractivity contribution in [2.75, 3.05) is 0 Å². The maximum absolute atomic E-state index is 12.0. The summed E-state index contributed by atoms with van der Waals surface area (Å²) in [5.74, 6) is 3.45. The van der Waals surface area contributed by atoms with E-state index < -0.39 is 0 Å². The third-order valence-electron chi connectivity index (χ3n) is 5.23. The maximum Gasteiger partial charge on any atom is 0.136 e. The second-order valence-electron chi connectivity index (χ2n) is 6.01. The summed E-state index contributed by atoms with van der Waals surface area (Å²) in [5.41, 5.74) is -0.0480. The summed E-state index contributed by atoms with van der Waals surface area (Å²) in [6.07, 6.45) is 6.18. The second kappa shape index (κ2) is 2.88. The van der Waals surface area contributed by atoms with Gasteiger partial charge in [0.25, 0.3) is 0 Å². The van der Waals surface area contributed by atoms with E-state index in [2.05, 4.69) is 22.9 Å². The van der Waals surface area contributed by atoms with E-state index in [9.17, 15) is 4.79 Å². The van der Waals surface area contributed by atoms with Gasteiger partial charge >= 0.3 is 0 Å². The minimum absolute atomic E-state index is 0.0480. The molecule has 4 bridgehead atoms. The van der Waals surface area contributed by atoms with Crippen molar-refractivity contribution in [3.63, 3.8) is 0 Å². The molecule has 4 rings (SSSR count). The third-order valence-corrected chi connectivity index (χ3v) is 6.47. The Morgan fingerprint density at radius 3 is 2.27 bits per heavy atom. The van der Waals surface area contributed by atoms with Crippen molar-refractivity contribution in [3.8, 4) is 0 Å². The van der Waals surface area contributed by atoms with Crippen LogP contribution in [0.1, 0.15) is 46.0 Å². The van der Waals surface area contributed by atoms with Crippen LogP contribution in [0.2, 0.25) is 0 Å². The fourth-order valence-corrected chi connectivity index (χ4v) is 5.90. The molecule has 0 saturated heterocycles. The molecule has 1 radical (unpaired) electrons. The molecule has 2 atom stereocenters. The largest absolute Gasteiger partial charge is 0.299 e. The van der Waals surface area contributed by atoms with E-state index >= 15 is 0 Å². The highest BCUT2D eigenvalue weighted by atomic mass is 79.9. The van der Waals surface area contributed by atoms with E-state index in [-0.39, 0.29) is 9.74 Å². The lowest BCUT2D eigenvalue weighted by Crippen LogP contribution is -2.60. The maximum atomic E-state index is 12.0. The van der Waals surface area contributed by atoms with Crippen LogP contribution in [0.4, 0.5) is 0 Å². The van der Waals surface area contributed by atoms with Gasteiger partial charge in [-0.1, -0.05) is 22.9 Å². The van der Waals surface area contributed by atoms with Gasteiger partial charge in [0, 0.05) is 15.7 Å². The summed E-state index contributed by atoms with van der Waals surface area (Å²) in [5, 5.41) is 0. The second-order valence-corrected chi connectivity index (χ2v) is 7.53. The Balaban J connectivity index is 2.07. The van der Waals surface area contributed by atoms with Gasteiger partial charge in [-0.05, 0) is 50.9 Å². The molecule has 15 heavy (non-hydrogen) atoms. The van der Waals surface area contributed by atoms with Gasteiger partial charge < -0.3 is 0 Å². The number of Topliss-reactive ketones (excluding diaryl/α,β-unsaturated/α-hetero) is 1. The monoisotopic (exact) mass is 269 g/mol. The van der Waals surface area contributed by atoms with Crippen molar-refractivity contribution in [2.24, 2.45) is 17.3 Å². The summed E-state index contributed by atoms with van der Waals surface area (Å²) in [7, 11) is 0. The molecule has 2 unspecified atom stereocenters. The van der Waals surface area contributed by atoms with Gasteiger partial charge in [0.2, 0.25) is 0 Å². The van der Waals surface area contributed by atoms with Gasteiger partial charge in [0.1, 0.15) is 5.78 Å². The van der Waals surface area contributed by atoms with Crippen LogP contribution in [0.5, 0.6) is 0 Å². The first-order valence-corrected chi connectivity index (χ1v) is 6.80. The average Bonchev–Trinajstić information content (AvgIpc) is 2.12. The van der Waals surface area contributed by atoms with Gasteiger partial charge in [0.05, 0.1) is 0 Å². The Bertz CT molecular complexity index is 308. The molecule has 1 nitrogen and oxygen atoms in total. The lowest BCUT2D eigenvalue weighted by molar-refractivity contribution is -0.135. The van der Waals surface area contributed by atoms with Gasteiger partial charge in [0.15, 0.2) is 0 Å². The van der Waals surface area contributed by atoms with Crippen LogP contribution < -0.4 is 0 Å². The first-order valence-electron chi connectivity index (χ1n) is 6.01. The molecule has 0 N–H and O–H groups in total. The minimum atomic E-state index is -0.0480. The highest BCUT2D eigenvalue weighted by molar-refractivity contribution is 9.10. The number of hydrogen-bond acceptors (Lipinski definition) is 1. The first kappa shape index (κ1) is 10.3. The number of ketones is 1. The van der Waals surface area contributed by atoms with Crippen molar-refractivity contribution < 1.29 is 4.79 Å². The predicted octanol–water partition coefficient (Wildman–Crippen LogP) is 3.51. The molecule has 83 valence electrons. The van der Waals surface area contributed by atoms with E-state index in [0.717, 1.165) is 24.7 Å². The number of carbonyl (C=O) groups is 1. The van der Waals surface area contributed by atoms with Crippen LogP contribution in [0, 0.1) is 23.2 Å². The summed E-state index contributed by atoms with van der Waals surface area (Å²) < 4.78 is 0.211. The molecule has 4 aliphatic carbocycles. The fraction of sp³-hybridized carbons (Fsp3) is 0.846. The molecule has 0 aromatic rings. The molecular formula is C13H18BrO. The van der Waals surface area contributed by atoms with E-state index in [1.54, 1.807) is 6.92 Å². The van der Waals surface area contributed by atoms with Crippen molar-refractivity contribution >= 4 is 21.7 Å². The lowest BCUT2D eigenvalue weighted by Gasteiger charge is -2.63. The molecule has 0 aromatic heterocycles. The average molecular weight is 270 g/mol. The van der Waals surface area contributed by atoms with Crippen LogP contribution in [0.15, 0.2) is 0 Å². The molecule has 4 saturated carbocycles. The molecule has 2 heteroatoms. The SMILES string of the molecule is C[C]1C2(Br)CC3CC(C2)CC1(C(C)=O)C3. The number of hydrogen-bond donors (Lipinski definition) is 0. The molecule has 4 fully saturated rings. The predicted molar refractivity (Wildman–Crippen MR) is 63.8 cm³/mol. The zero-order valence-corrected chi connectivity index (χ0v) is 11.1. The van der Waals surface area contributed by atoms with Gasteiger partial charge in [-0.15, -0.1) is 0 Å². The minimum Gasteiger partial charge on any atom is -0.299 e.